The molecule has 3 N–H and O–H groups in total. The Balaban J connectivity index is 2.35. The molecule has 1 atom stereocenters. The highest BCUT2D eigenvalue weighted by atomic mass is 79.9. The predicted octanol–water partition coefficient (Wildman–Crippen LogP) is 2.29. The van der Waals surface area contributed by atoms with Crippen molar-refractivity contribution >= 4 is 22.0 Å². The Morgan fingerprint density at radius 2 is 2.33 bits per heavy atom. The molecule has 2 rings (SSSR count). The Morgan fingerprint density at radius 3 is 3.00 bits per heavy atom. The predicted molar refractivity (Wildman–Crippen MR) is 59.3 cm³/mol. The van der Waals surface area contributed by atoms with E-state index >= 15 is 0 Å². The molecule has 0 aliphatic heterocycles. The van der Waals surface area contributed by atoms with Crippen LogP contribution in [0.4, 0.5) is 4.79 Å². The van der Waals surface area contributed by atoms with Gasteiger partial charge in [0.15, 0.2) is 0 Å². The van der Waals surface area contributed by atoms with E-state index in [9.17, 15) is 4.79 Å². The van der Waals surface area contributed by atoms with Crippen molar-refractivity contribution in [1.29, 1.82) is 0 Å². The van der Waals surface area contributed by atoms with Crippen LogP contribution in [0.25, 0.3) is 0 Å². The molecule has 1 aromatic rings. The molecule has 15 heavy (non-hydrogen) atoms. The number of amides is 1. The number of aryl methyl sites for hydroxylation is 1. The van der Waals surface area contributed by atoms with E-state index in [1.807, 2.05) is 18.2 Å². The number of nitrogens with zero attached hydrogens (tertiary/aromatic N) is 1. The van der Waals surface area contributed by atoms with Gasteiger partial charge >= 0.3 is 6.09 Å². The average molecular weight is 271 g/mol. The standard InChI is InChI=1S/C10H11BrN2O2/c11-7-3-1-6-2-4-9(8(6)5-7)13(12)10(14)15/h1,3,5,9H,2,4,12H2,(H,14,15). The normalized spacial score (nSPS) is 18.7. The fourth-order valence-corrected chi connectivity index (χ4v) is 2.35. The molecule has 80 valence electrons. The van der Waals surface area contributed by atoms with Crippen LogP contribution in [0, 0.1) is 0 Å². The van der Waals surface area contributed by atoms with Crippen molar-refractivity contribution in [3.05, 3.63) is 33.8 Å². The Kier molecular flexibility index (Phi) is 2.67. The fourth-order valence-electron chi connectivity index (χ4n) is 1.97. The molecule has 1 aliphatic rings. The van der Waals surface area contributed by atoms with Gasteiger partial charge in [0.2, 0.25) is 0 Å². The lowest BCUT2D eigenvalue weighted by Crippen LogP contribution is -2.38. The molecule has 0 bridgehead atoms. The maximum atomic E-state index is 10.8. The number of benzene rings is 1. The Bertz CT molecular complexity index is 408. The van der Waals surface area contributed by atoms with Crippen LogP contribution in [0.2, 0.25) is 0 Å². The van der Waals surface area contributed by atoms with Gasteiger partial charge < -0.3 is 5.11 Å². The first kappa shape index (κ1) is 10.4. The van der Waals surface area contributed by atoms with Gasteiger partial charge in [-0.25, -0.2) is 15.6 Å². The summed E-state index contributed by atoms with van der Waals surface area (Å²) in [5.41, 5.74) is 2.19. The van der Waals surface area contributed by atoms with Crippen molar-refractivity contribution in [3.8, 4) is 0 Å². The highest BCUT2D eigenvalue weighted by molar-refractivity contribution is 9.10. The van der Waals surface area contributed by atoms with Gasteiger partial charge in [-0.3, -0.25) is 0 Å². The average Bonchev–Trinajstić information content (AvgIpc) is 2.59. The second kappa shape index (κ2) is 3.83. The SMILES string of the molecule is NN(C(=O)O)C1CCc2ccc(Br)cc21. The van der Waals surface area contributed by atoms with Gasteiger partial charge in [0.05, 0.1) is 6.04 Å². The van der Waals surface area contributed by atoms with E-state index < -0.39 is 6.09 Å². The highest BCUT2D eigenvalue weighted by Crippen LogP contribution is 2.35. The minimum atomic E-state index is -1.09. The number of carboxylic acid groups (broad SMARTS) is 1. The van der Waals surface area contributed by atoms with Crippen LogP contribution in [0.15, 0.2) is 22.7 Å². The van der Waals surface area contributed by atoms with E-state index in [0.717, 1.165) is 27.9 Å². The molecule has 0 aromatic heterocycles. The van der Waals surface area contributed by atoms with E-state index in [4.69, 9.17) is 10.9 Å². The molecular weight excluding hydrogens is 260 g/mol. The van der Waals surface area contributed by atoms with Crippen molar-refractivity contribution in [3.63, 3.8) is 0 Å². The van der Waals surface area contributed by atoms with Crippen LogP contribution < -0.4 is 5.84 Å². The third-order valence-electron chi connectivity index (χ3n) is 2.71. The monoisotopic (exact) mass is 270 g/mol. The molecule has 5 heteroatoms. The second-order valence-corrected chi connectivity index (χ2v) is 4.50. The molecule has 0 spiro atoms. The third-order valence-corrected chi connectivity index (χ3v) is 3.20. The quantitative estimate of drug-likeness (QED) is 0.468. The zero-order chi connectivity index (χ0) is 11.0. The van der Waals surface area contributed by atoms with Gasteiger partial charge in [-0.15, -0.1) is 0 Å². The van der Waals surface area contributed by atoms with Crippen molar-refractivity contribution in [1.82, 2.24) is 5.01 Å². The molecule has 1 aliphatic carbocycles. The molecule has 4 nitrogen and oxygen atoms in total. The van der Waals surface area contributed by atoms with Crippen LogP contribution in [-0.4, -0.2) is 16.2 Å². The first-order valence-corrected chi connectivity index (χ1v) is 5.44. The fraction of sp³-hybridized carbons (Fsp3) is 0.300. The third kappa shape index (κ3) is 1.85. The zero-order valence-corrected chi connectivity index (χ0v) is 9.57. The summed E-state index contributed by atoms with van der Waals surface area (Å²) in [6, 6.07) is 5.70. The number of nitrogens with two attached hydrogens (primary N) is 1. The van der Waals surface area contributed by atoms with Gasteiger partial charge in [0.1, 0.15) is 0 Å². The summed E-state index contributed by atoms with van der Waals surface area (Å²) >= 11 is 3.37. The van der Waals surface area contributed by atoms with Crippen molar-refractivity contribution < 1.29 is 9.90 Å². The van der Waals surface area contributed by atoms with Crippen molar-refractivity contribution in [2.24, 2.45) is 5.84 Å². The number of fused-ring (bicyclic) bond motifs is 1. The van der Waals surface area contributed by atoms with Gasteiger partial charge in [0.25, 0.3) is 0 Å². The van der Waals surface area contributed by atoms with Crippen LogP contribution >= 0.6 is 15.9 Å². The van der Waals surface area contributed by atoms with Crippen LogP contribution in [0.3, 0.4) is 0 Å². The number of hydrogen-bond acceptors (Lipinski definition) is 2. The number of hydrogen-bond donors (Lipinski definition) is 2. The number of hydrazine groups is 1. The van der Waals surface area contributed by atoms with Crippen molar-refractivity contribution in [2.75, 3.05) is 0 Å². The minimum absolute atomic E-state index is 0.213. The summed E-state index contributed by atoms with van der Waals surface area (Å²) in [5, 5.41) is 9.71. The second-order valence-electron chi connectivity index (χ2n) is 3.59. The summed E-state index contributed by atoms with van der Waals surface area (Å²) in [7, 11) is 0. The van der Waals surface area contributed by atoms with Crippen LogP contribution in [-0.2, 0) is 6.42 Å². The molecule has 1 amide bonds. The smallest absolute Gasteiger partial charge is 0.422 e. The molecule has 0 saturated carbocycles. The van der Waals surface area contributed by atoms with E-state index in [0.29, 0.717) is 0 Å². The van der Waals surface area contributed by atoms with Crippen LogP contribution in [0.5, 0.6) is 0 Å². The maximum Gasteiger partial charge on any atom is 0.422 e. The lowest BCUT2D eigenvalue weighted by atomic mass is 10.1. The summed E-state index contributed by atoms with van der Waals surface area (Å²) in [5.74, 6) is 5.51. The topological polar surface area (TPSA) is 66.6 Å². The lowest BCUT2D eigenvalue weighted by molar-refractivity contribution is 0.124. The lowest BCUT2D eigenvalue weighted by Gasteiger charge is -2.21. The number of rotatable bonds is 1. The summed E-state index contributed by atoms with van der Waals surface area (Å²) in [6.45, 7) is 0. The summed E-state index contributed by atoms with van der Waals surface area (Å²) in [6.07, 6.45) is 0.552. The first-order valence-electron chi connectivity index (χ1n) is 4.65. The number of halogens is 1. The van der Waals surface area contributed by atoms with E-state index in [1.165, 1.54) is 5.56 Å². The van der Waals surface area contributed by atoms with Gasteiger partial charge in [-0.2, -0.15) is 0 Å². The Labute approximate surface area is 95.8 Å². The largest absolute Gasteiger partial charge is 0.464 e. The molecule has 0 heterocycles. The number of carbonyl (C=O) groups is 1. The minimum Gasteiger partial charge on any atom is -0.464 e. The van der Waals surface area contributed by atoms with Crippen LogP contribution in [0.1, 0.15) is 23.6 Å². The molecule has 0 fully saturated rings. The Hall–Kier alpha value is -1.07. The zero-order valence-electron chi connectivity index (χ0n) is 7.98. The molecule has 1 aromatic carbocycles. The molecule has 1 unspecified atom stereocenters. The molecule has 0 radical (unpaired) electrons. The Morgan fingerprint density at radius 1 is 1.60 bits per heavy atom. The maximum absolute atomic E-state index is 10.8. The van der Waals surface area contributed by atoms with Gasteiger partial charge in [-0.05, 0) is 36.1 Å². The van der Waals surface area contributed by atoms with Gasteiger partial charge in [-0.1, -0.05) is 22.0 Å². The van der Waals surface area contributed by atoms with Crippen molar-refractivity contribution in [2.45, 2.75) is 18.9 Å². The van der Waals surface area contributed by atoms with Gasteiger partial charge in [0, 0.05) is 4.47 Å². The van der Waals surface area contributed by atoms with E-state index in [-0.39, 0.29) is 6.04 Å². The van der Waals surface area contributed by atoms with E-state index in [2.05, 4.69) is 15.9 Å². The molecule has 0 saturated heterocycles. The first-order chi connectivity index (χ1) is 7.09. The van der Waals surface area contributed by atoms with E-state index in [1.54, 1.807) is 0 Å². The molecular formula is C10H11BrN2O2. The summed E-state index contributed by atoms with van der Waals surface area (Å²) < 4.78 is 0.951. The highest BCUT2D eigenvalue weighted by Gasteiger charge is 2.29. The summed E-state index contributed by atoms with van der Waals surface area (Å²) in [4.78, 5) is 10.8.